The van der Waals surface area contributed by atoms with Crippen LogP contribution in [0.1, 0.15) is 48.1 Å². The van der Waals surface area contributed by atoms with Crippen LogP contribution in [0, 0.1) is 12.8 Å². The first-order valence-corrected chi connectivity index (χ1v) is 11.0. The average molecular weight is 537 g/mol. The lowest BCUT2D eigenvalue weighted by Crippen LogP contribution is -2.41. The van der Waals surface area contributed by atoms with Crippen molar-refractivity contribution in [1.82, 2.24) is 10.6 Å². The summed E-state index contributed by atoms with van der Waals surface area (Å²) < 4.78 is 11.7. The molecule has 2 N–H and O–H groups in total. The van der Waals surface area contributed by atoms with Gasteiger partial charge in [0.2, 0.25) is 0 Å². The molecule has 2 unspecified atom stereocenters. The monoisotopic (exact) mass is 537 g/mol. The lowest BCUT2D eigenvalue weighted by atomic mass is 9.89. The molecular weight excluding hydrogens is 501 g/mol. The molecule has 5 nitrogen and oxygen atoms in total. The van der Waals surface area contributed by atoms with Crippen LogP contribution in [0.15, 0.2) is 53.5 Å². The standard InChI is InChI=1S/C25H35N3O2.HI/c1-4-29-18-23-9-6-5-8-21(23)16-27-25(26-3)28-17-22-10-7-15-30-24(22)20-13-11-19(2)12-14-20;/h5-6,8-9,11-14,22,24H,4,7,10,15-18H2,1-3H3,(H2,26,27,28);1H. The summed E-state index contributed by atoms with van der Waals surface area (Å²) in [6, 6.07) is 17.1. The van der Waals surface area contributed by atoms with Gasteiger partial charge in [0.15, 0.2) is 5.96 Å². The summed E-state index contributed by atoms with van der Waals surface area (Å²) in [5.74, 6) is 1.24. The Morgan fingerprint density at radius 3 is 2.55 bits per heavy atom. The van der Waals surface area contributed by atoms with Crippen LogP contribution in [0.5, 0.6) is 0 Å². The quantitative estimate of drug-likeness (QED) is 0.283. The second-order valence-corrected chi connectivity index (χ2v) is 7.82. The van der Waals surface area contributed by atoms with Crippen molar-refractivity contribution in [1.29, 1.82) is 0 Å². The van der Waals surface area contributed by atoms with Crippen LogP contribution in [0.3, 0.4) is 0 Å². The zero-order valence-electron chi connectivity index (χ0n) is 18.9. The van der Waals surface area contributed by atoms with E-state index in [9.17, 15) is 0 Å². The van der Waals surface area contributed by atoms with Gasteiger partial charge in [-0.2, -0.15) is 0 Å². The number of nitrogens with zero attached hydrogens (tertiary/aromatic N) is 1. The van der Waals surface area contributed by atoms with Crippen molar-refractivity contribution in [2.45, 2.75) is 45.9 Å². The van der Waals surface area contributed by atoms with E-state index < -0.39 is 0 Å². The van der Waals surface area contributed by atoms with Crippen LogP contribution in [-0.4, -0.2) is 32.8 Å². The maximum Gasteiger partial charge on any atom is 0.191 e. The smallest absolute Gasteiger partial charge is 0.191 e. The number of nitrogens with one attached hydrogen (secondary N) is 2. The Bertz CT molecular complexity index is 811. The van der Waals surface area contributed by atoms with E-state index in [1.807, 2.05) is 14.0 Å². The summed E-state index contributed by atoms with van der Waals surface area (Å²) in [5.41, 5.74) is 4.98. The minimum Gasteiger partial charge on any atom is -0.377 e. The Morgan fingerprint density at radius 1 is 1.10 bits per heavy atom. The van der Waals surface area contributed by atoms with Gasteiger partial charge in [-0.25, -0.2) is 0 Å². The summed E-state index contributed by atoms with van der Waals surface area (Å²) in [5, 5.41) is 6.96. The van der Waals surface area contributed by atoms with Crippen LogP contribution in [-0.2, 0) is 22.6 Å². The van der Waals surface area contributed by atoms with Gasteiger partial charge in [-0.05, 0) is 43.4 Å². The van der Waals surface area contributed by atoms with Crippen LogP contribution in [0.4, 0.5) is 0 Å². The zero-order valence-corrected chi connectivity index (χ0v) is 21.2. The van der Waals surface area contributed by atoms with Crippen molar-refractivity contribution in [3.63, 3.8) is 0 Å². The number of benzene rings is 2. The number of guanidine groups is 1. The second kappa shape index (κ2) is 13.7. The highest BCUT2D eigenvalue weighted by atomic mass is 127. The van der Waals surface area contributed by atoms with E-state index in [2.05, 4.69) is 71.1 Å². The van der Waals surface area contributed by atoms with Crippen LogP contribution in [0.25, 0.3) is 0 Å². The Morgan fingerprint density at radius 2 is 1.84 bits per heavy atom. The maximum absolute atomic E-state index is 6.15. The van der Waals surface area contributed by atoms with Crippen molar-refractivity contribution in [3.8, 4) is 0 Å². The molecule has 1 aliphatic heterocycles. The summed E-state index contributed by atoms with van der Waals surface area (Å²) in [4.78, 5) is 4.41. The number of ether oxygens (including phenoxy) is 2. The van der Waals surface area contributed by atoms with Crippen molar-refractivity contribution < 1.29 is 9.47 Å². The third kappa shape index (κ3) is 7.77. The fourth-order valence-electron chi connectivity index (χ4n) is 3.89. The third-order valence-electron chi connectivity index (χ3n) is 5.63. The SMILES string of the molecule is CCOCc1ccccc1CNC(=NC)NCC1CCCOC1c1ccc(C)cc1.I. The van der Waals surface area contributed by atoms with Gasteiger partial charge in [0, 0.05) is 39.3 Å². The van der Waals surface area contributed by atoms with Gasteiger partial charge in [0.25, 0.3) is 0 Å². The van der Waals surface area contributed by atoms with E-state index in [4.69, 9.17) is 9.47 Å². The van der Waals surface area contributed by atoms with Crippen molar-refractivity contribution in [3.05, 3.63) is 70.8 Å². The van der Waals surface area contributed by atoms with E-state index in [0.717, 1.165) is 38.6 Å². The molecule has 0 bridgehead atoms. The lowest BCUT2D eigenvalue weighted by Gasteiger charge is -2.32. The van der Waals surface area contributed by atoms with Gasteiger partial charge >= 0.3 is 0 Å². The van der Waals surface area contributed by atoms with E-state index in [0.29, 0.717) is 19.1 Å². The molecule has 2 aromatic rings. The molecule has 0 amide bonds. The minimum atomic E-state index is 0. The van der Waals surface area contributed by atoms with Crippen LogP contribution >= 0.6 is 24.0 Å². The molecule has 0 saturated carbocycles. The molecule has 2 aromatic carbocycles. The van der Waals surface area contributed by atoms with Crippen LogP contribution < -0.4 is 10.6 Å². The molecule has 1 saturated heterocycles. The molecule has 1 fully saturated rings. The summed E-state index contributed by atoms with van der Waals surface area (Å²) >= 11 is 0. The molecule has 1 aliphatic rings. The van der Waals surface area contributed by atoms with Crippen molar-refractivity contribution >= 4 is 29.9 Å². The summed E-state index contributed by atoms with van der Waals surface area (Å²) in [6.07, 6.45) is 2.39. The van der Waals surface area contributed by atoms with Crippen LogP contribution in [0.2, 0.25) is 0 Å². The molecule has 31 heavy (non-hydrogen) atoms. The topological polar surface area (TPSA) is 54.9 Å². The third-order valence-corrected chi connectivity index (χ3v) is 5.63. The number of aryl methyl sites for hydroxylation is 1. The predicted octanol–water partition coefficient (Wildman–Crippen LogP) is 4.98. The first-order chi connectivity index (χ1) is 14.7. The van der Waals surface area contributed by atoms with Gasteiger partial charge in [0.1, 0.15) is 0 Å². The Balaban J connectivity index is 0.00000341. The van der Waals surface area contributed by atoms with Crippen molar-refractivity contribution in [2.24, 2.45) is 10.9 Å². The second-order valence-electron chi connectivity index (χ2n) is 7.82. The molecule has 0 radical (unpaired) electrons. The summed E-state index contributed by atoms with van der Waals surface area (Å²) in [7, 11) is 1.82. The molecule has 0 aromatic heterocycles. The Hall–Kier alpha value is -1.64. The maximum atomic E-state index is 6.15. The molecule has 170 valence electrons. The predicted molar refractivity (Wildman–Crippen MR) is 138 cm³/mol. The van der Waals surface area contributed by atoms with E-state index in [1.54, 1.807) is 0 Å². The highest BCUT2D eigenvalue weighted by Crippen LogP contribution is 2.33. The largest absolute Gasteiger partial charge is 0.377 e. The molecule has 6 heteroatoms. The zero-order chi connectivity index (χ0) is 21.2. The Kier molecular flexibility index (Phi) is 11.3. The highest BCUT2D eigenvalue weighted by molar-refractivity contribution is 14.0. The molecule has 2 atom stereocenters. The number of hydrogen-bond acceptors (Lipinski definition) is 3. The number of aliphatic imine (C=N–C) groups is 1. The first kappa shape index (κ1) is 25.6. The fourth-order valence-corrected chi connectivity index (χ4v) is 3.89. The van der Waals surface area contributed by atoms with E-state index >= 15 is 0 Å². The number of hydrogen-bond donors (Lipinski definition) is 2. The van der Waals surface area contributed by atoms with Gasteiger partial charge in [-0.1, -0.05) is 54.1 Å². The first-order valence-electron chi connectivity index (χ1n) is 11.0. The van der Waals surface area contributed by atoms with Gasteiger partial charge in [-0.3, -0.25) is 4.99 Å². The molecule has 3 rings (SSSR count). The summed E-state index contributed by atoms with van der Waals surface area (Å²) in [6.45, 7) is 7.87. The number of rotatable bonds is 8. The molecule has 1 heterocycles. The normalized spacial score (nSPS) is 18.9. The lowest BCUT2D eigenvalue weighted by molar-refractivity contribution is -0.0265. The fraction of sp³-hybridized carbons (Fsp3) is 0.480. The number of halogens is 1. The van der Waals surface area contributed by atoms with Gasteiger partial charge in [0.05, 0.1) is 12.7 Å². The van der Waals surface area contributed by atoms with Gasteiger partial charge < -0.3 is 20.1 Å². The highest BCUT2D eigenvalue weighted by Gasteiger charge is 2.27. The average Bonchev–Trinajstić information content (AvgIpc) is 2.79. The Labute approximate surface area is 204 Å². The van der Waals surface area contributed by atoms with Gasteiger partial charge in [-0.15, -0.1) is 24.0 Å². The van der Waals surface area contributed by atoms with E-state index in [1.165, 1.54) is 22.3 Å². The molecule has 0 spiro atoms. The molecular formula is C25H36IN3O2. The minimum absolute atomic E-state index is 0. The molecule has 0 aliphatic carbocycles. The van der Waals surface area contributed by atoms with E-state index in [-0.39, 0.29) is 30.1 Å². The van der Waals surface area contributed by atoms with Crippen molar-refractivity contribution in [2.75, 3.05) is 26.8 Å².